The first-order valence-electron chi connectivity index (χ1n) is 3.28. The summed E-state index contributed by atoms with van der Waals surface area (Å²) < 4.78 is 1.96. The molecule has 2 N–H and O–H groups in total. The summed E-state index contributed by atoms with van der Waals surface area (Å²) in [5.41, 5.74) is 6.80. The maximum absolute atomic E-state index is 10.8. The molecule has 0 aliphatic carbocycles. The van der Waals surface area contributed by atoms with Gasteiger partial charge in [0.2, 0.25) is 5.91 Å². The summed E-state index contributed by atoms with van der Waals surface area (Å²) in [4.78, 5) is 10.8. The van der Waals surface area contributed by atoms with Crippen LogP contribution in [0.1, 0.15) is 15.9 Å². The molecule has 2 nitrogen and oxygen atoms in total. The Labute approximate surface area is 92.8 Å². The molecule has 1 aromatic carbocycles. The van der Waals surface area contributed by atoms with Gasteiger partial charge in [-0.2, -0.15) is 0 Å². The molecule has 4 heteroatoms. The number of rotatable bonds is 1. The van der Waals surface area contributed by atoms with Crippen molar-refractivity contribution in [3.8, 4) is 0 Å². The van der Waals surface area contributed by atoms with Crippen LogP contribution in [0.15, 0.2) is 16.6 Å². The normalized spacial score (nSPS) is 9.92. The van der Waals surface area contributed by atoms with Gasteiger partial charge in [-0.1, -0.05) is 15.9 Å². The van der Waals surface area contributed by atoms with Crippen molar-refractivity contribution in [2.24, 2.45) is 5.73 Å². The Kier molecular flexibility index (Phi) is 3.11. The molecule has 0 aliphatic rings. The van der Waals surface area contributed by atoms with Crippen molar-refractivity contribution in [3.63, 3.8) is 0 Å². The Morgan fingerprint density at radius 3 is 2.58 bits per heavy atom. The predicted molar refractivity (Wildman–Crippen MR) is 60.1 cm³/mol. The Morgan fingerprint density at radius 1 is 1.58 bits per heavy atom. The number of carbonyl (C=O) groups excluding carboxylic acids is 1. The molecular formula is C8H7BrINO. The van der Waals surface area contributed by atoms with Gasteiger partial charge in [0.1, 0.15) is 0 Å². The molecule has 0 saturated carbocycles. The second-order valence-corrected chi connectivity index (χ2v) is 4.45. The zero-order chi connectivity index (χ0) is 9.30. The smallest absolute Gasteiger partial charge is 0.248 e. The fourth-order valence-electron chi connectivity index (χ4n) is 0.788. The number of benzene rings is 1. The lowest BCUT2D eigenvalue weighted by molar-refractivity contribution is 0.1000. The molecule has 1 amide bonds. The van der Waals surface area contributed by atoms with Crippen LogP contribution in [0.5, 0.6) is 0 Å². The highest BCUT2D eigenvalue weighted by Crippen LogP contribution is 2.23. The van der Waals surface area contributed by atoms with E-state index in [9.17, 15) is 4.79 Å². The summed E-state index contributed by atoms with van der Waals surface area (Å²) in [5.74, 6) is -0.395. The molecule has 0 heterocycles. The maximum Gasteiger partial charge on any atom is 0.248 e. The number of nitrogens with two attached hydrogens (primary N) is 1. The van der Waals surface area contributed by atoms with Crippen LogP contribution in [0.25, 0.3) is 0 Å². The van der Waals surface area contributed by atoms with E-state index in [0.29, 0.717) is 5.56 Å². The van der Waals surface area contributed by atoms with Gasteiger partial charge in [-0.15, -0.1) is 0 Å². The van der Waals surface area contributed by atoms with Crippen molar-refractivity contribution >= 4 is 44.4 Å². The van der Waals surface area contributed by atoms with E-state index in [1.807, 2.05) is 6.92 Å². The fraction of sp³-hybridized carbons (Fsp3) is 0.125. The largest absolute Gasteiger partial charge is 0.366 e. The molecule has 0 bridgehead atoms. The highest BCUT2D eigenvalue weighted by Gasteiger charge is 2.06. The van der Waals surface area contributed by atoms with E-state index in [-0.39, 0.29) is 0 Å². The van der Waals surface area contributed by atoms with Crippen LogP contribution in [-0.2, 0) is 0 Å². The van der Waals surface area contributed by atoms with Gasteiger partial charge in [0.05, 0.1) is 0 Å². The molecule has 0 aromatic heterocycles. The highest BCUT2D eigenvalue weighted by atomic mass is 127. The summed E-state index contributed by atoms with van der Waals surface area (Å²) in [5, 5.41) is 0. The Hall–Kier alpha value is -0.100. The van der Waals surface area contributed by atoms with Crippen LogP contribution < -0.4 is 5.73 Å². The SMILES string of the molecule is Cc1c(Br)cc(C(N)=O)cc1I. The van der Waals surface area contributed by atoms with Crippen LogP contribution in [-0.4, -0.2) is 5.91 Å². The molecular weight excluding hydrogens is 333 g/mol. The van der Waals surface area contributed by atoms with Crippen LogP contribution in [0.2, 0.25) is 0 Å². The molecule has 64 valence electrons. The molecule has 0 atom stereocenters. The monoisotopic (exact) mass is 339 g/mol. The van der Waals surface area contributed by atoms with Gasteiger partial charge in [-0.3, -0.25) is 4.79 Å². The van der Waals surface area contributed by atoms with E-state index in [2.05, 4.69) is 38.5 Å². The number of carbonyl (C=O) groups is 1. The van der Waals surface area contributed by atoms with Gasteiger partial charge < -0.3 is 5.73 Å². The van der Waals surface area contributed by atoms with Gasteiger partial charge in [-0.05, 0) is 47.2 Å². The third-order valence-electron chi connectivity index (χ3n) is 1.57. The maximum atomic E-state index is 10.8. The second-order valence-electron chi connectivity index (χ2n) is 2.43. The minimum absolute atomic E-state index is 0.395. The fourth-order valence-corrected chi connectivity index (χ4v) is 2.24. The molecule has 0 unspecified atom stereocenters. The molecule has 1 rings (SSSR count). The Morgan fingerprint density at radius 2 is 2.17 bits per heavy atom. The summed E-state index contributed by atoms with van der Waals surface area (Å²) >= 11 is 5.52. The second kappa shape index (κ2) is 3.74. The van der Waals surface area contributed by atoms with Crippen molar-refractivity contribution in [3.05, 3.63) is 31.3 Å². The zero-order valence-electron chi connectivity index (χ0n) is 6.40. The van der Waals surface area contributed by atoms with Crippen molar-refractivity contribution < 1.29 is 4.79 Å². The summed E-state index contributed by atoms with van der Waals surface area (Å²) in [6.07, 6.45) is 0. The number of amides is 1. The van der Waals surface area contributed by atoms with E-state index in [1.54, 1.807) is 12.1 Å². The zero-order valence-corrected chi connectivity index (χ0v) is 10.1. The number of hydrogen-bond donors (Lipinski definition) is 1. The van der Waals surface area contributed by atoms with Crippen LogP contribution >= 0.6 is 38.5 Å². The minimum Gasteiger partial charge on any atom is -0.366 e. The first kappa shape index (κ1) is 9.98. The quantitative estimate of drug-likeness (QED) is 0.785. The average Bonchev–Trinajstić information content (AvgIpc) is 1.99. The lowest BCUT2D eigenvalue weighted by atomic mass is 10.1. The lowest BCUT2D eigenvalue weighted by Crippen LogP contribution is -2.11. The highest BCUT2D eigenvalue weighted by molar-refractivity contribution is 14.1. The predicted octanol–water partition coefficient (Wildman–Crippen LogP) is 2.46. The molecule has 0 radical (unpaired) electrons. The van der Waals surface area contributed by atoms with E-state index in [4.69, 9.17) is 5.73 Å². The molecule has 0 aliphatic heterocycles. The first-order chi connectivity index (χ1) is 5.52. The number of hydrogen-bond acceptors (Lipinski definition) is 1. The number of primary amides is 1. The Bertz CT molecular complexity index is 315. The van der Waals surface area contributed by atoms with Crippen molar-refractivity contribution in [2.45, 2.75) is 6.92 Å². The van der Waals surface area contributed by atoms with Gasteiger partial charge in [0.25, 0.3) is 0 Å². The lowest BCUT2D eigenvalue weighted by Gasteiger charge is -2.03. The van der Waals surface area contributed by atoms with Crippen LogP contribution in [0.3, 0.4) is 0 Å². The van der Waals surface area contributed by atoms with Crippen molar-refractivity contribution in [2.75, 3.05) is 0 Å². The van der Waals surface area contributed by atoms with Gasteiger partial charge >= 0.3 is 0 Å². The van der Waals surface area contributed by atoms with Gasteiger partial charge in [0.15, 0.2) is 0 Å². The van der Waals surface area contributed by atoms with Crippen LogP contribution in [0, 0.1) is 10.5 Å². The first-order valence-corrected chi connectivity index (χ1v) is 5.15. The molecule has 0 fully saturated rings. The standard InChI is InChI=1S/C8H7BrINO/c1-4-6(9)2-5(8(11)12)3-7(4)10/h2-3H,1H3,(H2,11,12). The third kappa shape index (κ3) is 1.98. The van der Waals surface area contributed by atoms with Gasteiger partial charge in [0, 0.05) is 13.6 Å². The van der Waals surface area contributed by atoms with E-state index >= 15 is 0 Å². The van der Waals surface area contributed by atoms with E-state index in [1.165, 1.54) is 0 Å². The molecule has 12 heavy (non-hydrogen) atoms. The molecule has 1 aromatic rings. The Balaban J connectivity index is 3.31. The van der Waals surface area contributed by atoms with Crippen LogP contribution in [0.4, 0.5) is 0 Å². The minimum atomic E-state index is -0.395. The van der Waals surface area contributed by atoms with E-state index < -0.39 is 5.91 Å². The van der Waals surface area contributed by atoms with Gasteiger partial charge in [-0.25, -0.2) is 0 Å². The topological polar surface area (TPSA) is 43.1 Å². The summed E-state index contributed by atoms with van der Waals surface area (Å²) in [6, 6.07) is 3.52. The molecule has 0 saturated heterocycles. The average molecular weight is 340 g/mol. The number of halogens is 2. The van der Waals surface area contributed by atoms with Crippen molar-refractivity contribution in [1.29, 1.82) is 0 Å². The third-order valence-corrected chi connectivity index (χ3v) is 3.51. The van der Waals surface area contributed by atoms with Crippen molar-refractivity contribution in [1.82, 2.24) is 0 Å². The summed E-state index contributed by atoms with van der Waals surface area (Å²) in [7, 11) is 0. The molecule has 0 spiro atoms. The summed E-state index contributed by atoms with van der Waals surface area (Å²) in [6.45, 7) is 1.98. The van der Waals surface area contributed by atoms with E-state index in [0.717, 1.165) is 13.6 Å².